The molecule has 0 atom stereocenters. The first-order valence-electron chi connectivity index (χ1n) is 2.51. The lowest BCUT2D eigenvalue weighted by molar-refractivity contribution is 0.480. The van der Waals surface area contributed by atoms with Crippen molar-refractivity contribution in [2.75, 3.05) is 5.75 Å². The van der Waals surface area contributed by atoms with Crippen molar-refractivity contribution in [2.45, 2.75) is 19.8 Å². The fourth-order valence-electron chi connectivity index (χ4n) is 0.327. The third kappa shape index (κ3) is 11.7. The van der Waals surface area contributed by atoms with Crippen LogP contribution in [0.2, 0.25) is 0 Å². The monoisotopic (exact) mass is 174 g/mol. The Morgan fingerprint density at radius 3 is 2.00 bits per heavy atom. The van der Waals surface area contributed by atoms with Crippen LogP contribution in [0.4, 0.5) is 0 Å². The van der Waals surface area contributed by atoms with Crippen molar-refractivity contribution < 1.29 is 13.0 Å². The Hall–Kier alpha value is 0.200. The van der Waals surface area contributed by atoms with Gasteiger partial charge in [0.05, 0.1) is 5.75 Å². The molecule has 0 rings (SSSR count). The third-order valence-electron chi connectivity index (χ3n) is 0.756. The Kier molecular flexibility index (Phi) is 6.66. The molecule has 0 saturated heterocycles. The summed E-state index contributed by atoms with van der Waals surface area (Å²) >= 11 is 0. The van der Waals surface area contributed by atoms with Crippen LogP contribution in [0.15, 0.2) is 0 Å². The number of hydrogen-bond donors (Lipinski definition) is 1. The standard InChI is InChI=1S/C4H10O3S.ClH/c1-2-3-4-8(5,6)7;/h2-4H2,1H3,(H,5,6,7);1H. The zero-order valence-corrected chi connectivity index (χ0v) is 6.83. The molecule has 0 aromatic carbocycles. The lowest BCUT2D eigenvalue weighted by atomic mass is 10.4. The fraction of sp³-hybridized carbons (Fsp3) is 1.00. The molecule has 0 amide bonds. The van der Waals surface area contributed by atoms with Crippen molar-refractivity contribution in [1.82, 2.24) is 0 Å². The maximum atomic E-state index is 9.95. The Morgan fingerprint density at radius 1 is 1.44 bits per heavy atom. The minimum atomic E-state index is -3.69. The van der Waals surface area contributed by atoms with E-state index in [0.717, 1.165) is 6.42 Å². The summed E-state index contributed by atoms with van der Waals surface area (Å²) in [7, 11) is -3.69. The van der Waals surface area contributed by atoms with E-state index in [2.05, 4.69) is 0 Å². The van der Waals surface area contributed by atoms with Crippen molar-refractivity contribution in [2.24, 2.45) is 0 Å². The van der Waals surface area contributed by atoms with Crippen molar-refractivity contribution in [3.63, 3.8) is 0 Å². The van der Waals surface area contributed by atoms with Gasteiger partial charge in [0.25, 0.3) is 10.1 Å². The molecule has 0 aliphatic heterocycles. The van der Waals surface area contributed by atoms with Crippen LogP contribution >= 0.6 is 12.4 Å². The minimum absolute atomic E-state index is 0. The number of rotatable bonds is 3. The average molecular weight is 175 g/mol. The van der Waals surface area contributed by atoms with Crippen molar-refractivity contribution >= 4 is 22.5 Å². The van der Waals surface area contributed by atoms with Crippen LogP contribution < -0.4 is 0 Å². The predicted octanol–water partition coefficient (Wildman–Crippen LogP) is 1.10. The molecule has 1 N–H and O–H groups in total. The van der Waals surface area contributed by atoms with Gasteiger partial charge in [-0.2, -0.15) is 8.42 Å². The first kappa shape index (κ1) is 11.9. The van der Waals surface area contributed by atoms with Crippen LogP contribution in [0.3, 0.4) is 0 Å². The average Bonchev–Trinajstić information content (AvgIpc) is 1.59. The Morgan fingerprint density at radius 2 is 1.89 bits per heavy atom. The van der Waals surface area contributed by atoms with E-state index in [-0.39, 0.29) is 18.2 Å². The zero-order chi connectivity index (χ0) is 6.62. The van der Waals surface area contributed by atoms with Gasteiger partial charge < -0.3 is 0 Å². The summed E-state index contributed by atoms with van der Waals surface area (Å²) in [5, 5.41) is 0. The molecule has 0 saturated carbocycles. The summed E-state index contributed by atoms with van der Waals surface area (Å²) < 4.78 is 28.0. The quantitative estimate of drug-likeness (QED) is 0.652. The summed E-state index contributed by atoms with van der Waals surface area (Å²) in [5.74, 6) is -0.108. The van der Waals surface area contributed by atoms with E-state index in [1.807, 2.05) is 6.92 Å². The van der Waals surface area contributed by atoms with Gasteiger partial charge in [0.2, 0.25) is 0 Å². The van der Waals surface area contributed by atoms with Gasteiger partial charge in [0, 0.05) is 0 Å². The highest BCUT2D eigenvalue weighted by Crippen LogP contribution is 1.90. The van der Waals surface area contributed by atoms with Crippen LogP contribution in [-0.4, -0.2) is 18.7 Å². The molecular weight excluding hydrogens is 164 g/mol. The molecule has 58 valence electrons. The Bertz CT molecular complexity index is 140. The fourth-order valence-corrected chi connectivity index (χ4v) is 0.980. The molecule has 9 heavy (non-hydrogen) atoms. The third-order valence-corrected chi connectivity index (χ3v) is 1.56. The molecule has 0 aliphatic rings. The van der Waals surface area contributed by atoms with Gasteiger partial charge in [-0.25, -0.2) is 0 Å². The van der Waals surface area contributed by atoms with Crippen molar-refractivity contribution in [1.29, 1.82) is 0 Å². The number of halogens is 1. The number of unbranched alkanes of at least 4 members (excludes halogenated alkanes) is 1. The first-order valence-corrected chi connectivity index (χ1v) is 4.12. The molecule has 0 aromatic heterocycles. The van der Waals surface area contributed by atoms with E-state index in [1.54, 1.807) is 0 Å². The van der Waals surface area contributed by atoms with Crippen LogP contribution in [0.5, 0.6) is 0 Å². The molecule has 0 aliphatic carbocycles. The molecule has 5 heteroatoms. The molecule has 3 nitrogen and oxygen atoms in total. The summed E-state index contributed by atoms with van der Waals surface area (Å²) in [4.78, 5) is 0. The Labute approximate surface area is 61.6 Å². The Balaban J connectivity index is 0. The number of hydrogen-bond acceptors (Lipinski definition) is 2. The molecule has 0 unspecified atom stereocenters. The summed E-state index contributed by atoms with van der Waals surface area (Å²) in [6, 6.07) is 0. The van der Waals surface area contributed by atoms with Gasteiger partial charge in [0.1, 0.15) is 0 Å². The second-order valence-electron chi connectivity index (χ2n) is 1.64. The highest BCUT2D eigenvalue weighted by Gasteiger charge is 2.00. The molecule has 0 spiro atoms. The van der Waals surface area contributed by atoms with Gasteiger partial charge in [0.15, 0.2) is 0 Å². The van der Waals surface area contributed by atoms with Crippen molar-refractivity contribution in [3.8, 4) is 0 Å². The lowest BCUT2D eigenvalue weighted by Crippen LogP contribution is -2.02. The van der Waals surface area contributed by atoms with E-state index in [9.17, 15) is 8.42 Å². The van der Waals surface area contributed by atoms with Gasteiger partial charge in [-0.05, 0) is 6.42 Å². The van der Waals surface area contributed by atoms with E-state index < -0.39 is 10.1 Å². The second kappa shape index (κ2) is 5.02. The zero-order valence-electron chi connectivity index (χ0n) is 5.20. The normalized spacial score (nSPS) is 10.4. The van der Waals surface area contributed by atoms with E-state index >= 15 is 0 Å². The smallest absolute Gasteiger partial charge is 0.264 e. The highest BCUT2D eigenvalue weighted by molar-refractivity contribution is 7.85. The van der Waals surface area contributed by atoms with Gasteiger partial charge in [-0.1, -0.05) is 13.3 Å². The lowest BCUT2D eigenvalue weighted by Gasteiger charge is -1.90. The summed E-state index contributed by atoms with van der Waals surface area (Å²) in [6.45, 7) is 1.87. The van der Waals surface area contributed by atoms with Crippen LogP contribution in [0, 0.1) is 0 Å². The van der Waals surface area contributed by atoms with E-state index in [4.69, 9.17) is 4.55 Å². The maximum Gasteiger partial charge on any atom is 0.264 e. The van der Waals surface area contributed by atoms with Crippen molar-refractivity contribution in [3.05, 3.63) is 0 Å². The molecular formula is C4H11ClO3S. The van der Waals surface area contributed by atoms with Crippen LogP contribution in [0.1, 0.15) is 19.8 Å². The van der Waals surface area contributed by atoms with E-state index in [0.29, 0.717) is 6.42 Å². The maximum absolute atomic E-state index is 9.95. The molecule has 0 aromatic rings. The molecule has 0 bridgehead atoms. The first-order chi connectivity index (χ1) is 3.56. The minimum Gasteiger partial charge on any atom is -0.286 e. The molecule has 0 heterocycles. The highest BCUT2D eigenvalue weighted by atomic mass is 35.5. The van der Waals surface area contributed by atoms with Crippen LogP contribution in [0.25, 0.3) is 0 Å². The second-order valence-corrected chi connectivity index (χ2v) is 3.21. The topological polar surface area (TPSA) is 54.4 Å². The molecule has 0 radical (unpaired) electrons. The van der Waals surface area contributed by atoms with E-state index in [1.165, 1.54) is 0 Å². The van der Waals surface area contributed by atoms with Gasteiger partial charge >= 0.3 is 0 Å². The van der Waals surface area contributed by atoms with Gasteiger partial charge in [-0.3, -0.25) is 4.55 Å². The summed E-state index contributed by atoms with van der Waals surface area (Å²) in [6.07, 6.45) is 1.33. The van der Waals surface area contributed by atoms with Gasteiger partial charge in [-0.15, -0.1) is 12.4 Å². The largest absolute Gasteiger partial charge is 0.286 e. The molecule has 0 fully saturated rings. The SMILES string of the molecule is CCCCS(=O)(=O)O.Cl. The predicted molar refractivity (Wildman–Crippen MR) is 38.6 cm³/mol. The summed E-state index contributed by atoms with van der Waals surface area (Å²) in [5.41, 5.74) is 0. The van der Waals surface area contributed by atoms with Crippen LogP contribution in [-0.2, 0) is 10.1 Å².